The van der Waals surface area contributed by atoms with Crippen molar-refractivity contribution in [2.45, 2.75) is 20.5 Å². The molecule has 28 heavy (non-hydrogen) atoms. The van der Waals surface area contributed by atoms with E-state index in [9.17, 15) is 9.59 Å². The van der Waals surface area contributed by atoms with Gasteiger partial charge in [0.15, 0.2) is 11.5 Å². The van der Waals surface area contributed by atoms with E-state index in [-0.39, 0.29) is 12.2 Å². The summed E-state index contributed by atoms with van der Waals surface area (Å²) in [6, 6.07) is 11.8. The minimum absolute atomic E-state index is 0.223. The number of nitrogens with zero attached hydrogens (tertiary/aromatic N) is 1. The van der Waals surface area contributed by atoms with Gasteiger partial charge in [-0.15, -0.1) is 0 Å². The number of hydrogen-bond acceptors (Lipinski definition) is 6. The summed E-state index contributed by atoms with van der Waals surface area (Å²) in [5.41, 5.74) is 2.73. The molecule has 1 heterocycles. The Labute approximate surface area is 161 Å². The van der Waals surface area contributed by atoms with Crippen molar-refractivity contribution in [2.75, 3.05) is 6.61 Å². The molecule has 0 saturated heterocycles. The highest BCUT2D eigenvalue weighted by Crippen LogP contribution is 2.30. The predicted molar refractivity (Wildman–Crippen MR) is 103 cm³/mol. The van der Waals surface area contributed by atoms with Crippen LogP contribution in [0, 0.1) is 0 Å². The van der Waals surface area contributed by atoms with Gasteiger partial charge in [0.05, 0.1) is 23.5 Å². The van der Waals surface area contributed by atoms with Crippen LogP contribution >= 0.6 is 0 Å². The topological polar surface area (TPSA) is 94.4 Å². The third-order valence-electron chi connectivity index (χ3n) is 4.05. The number of ether oxygens (including phenoxy) is 2. The standard InChI is InChI=1S/C21H19NO6/c1-3-26-19-11-15(10-17-13(2)22-28-21(17)25)6-9-18(19)27-12-14-4-7-16(8-5-14)20(23)24/h4-11H,3,12H2,1-2H3,(H,23,24)/b17-10-. The van der Waals surface area contributed by atoms with Crippen LogP contribution in [-0.2, 0) is 16.2 Å². The van der Waals surface area contributed by atoms with E-state index in [4.69, 9.17) is 14.6 Å². The number of benzene rings is 2. The molecule has 144 valence electrons. The fourth-order valence-corrected chi connectivity index (χ4v) is 2.59. The Hall–Kier alpha value is -3.61. The van der Waals surface area contributed by atoms with Crippen molar-refractivity contribution in [3.8, 4) is 11.5 Å². The first kappa shape index (κ1) is 19.2. The first-order chi connectivity index (χ1) is 13.5. The van der Waals surface area contributed by atoms with E-state index in [0.717, 1.165) is 11.1 Å². The van der Waals surface area contributed by atoms with Crippen molar-refractivity contribution in [1.82, 2.24) is 0 Å². The van der Waals surface area contributed by atoms with Crippen molar-refractivity contribution >= 4 is 23.7 Å². The van der Waals surface area contributed by atoms with Crippen molar-refractivity contribution in [2.24, 2.45) is 5.16 Å². The third-order valence-corrected chi connectivity index (χ3v) is 4.05. The van der Waals surface area contributed by atoms with Crippen molar-refractivity contribution in [3.05, 3.63) is 64.7 Å². The molecule has 0 atom stereocenters. The van der Waals surface area contributed by atoms with Crippen LogP contribution in [0.2, 0.25) is 0 Å². The third kappa shape index (κ3) is 4.37. The lowest BCUT2D eigenvalue weighted by Crippen LogP contribution is -2.03. The van der Waals surface area contributed by atoms with Crippen LogP contribution < -0.4 is 9.47 Å². The molecular formula is C21H19NO6. The number of carboxylic acids is 1. The predicted octanol–water partition coefficient (Wildman–Crippen LogP) is 3.68. The summed E-state index contributed by atoms with van der Waals surface area (Å²) in [7, 11) is 0. The van der Waals surface area contributed by atoms with Gasteiger partial charge in [0.25, 0.3) is 0 Å². The van der Waals surface area contributed by atoms with Crippen molar-refractivity contribution in [3.63, 3.8) is 0 Å². The minimum atomic E-state index is -0.970. The quantitative estimate of drug-likeness (QED) is 0.581. The van der Waals surface area contributed by atoms with Gasteiger partial charge in [-0.1, -0.05) is 23.4 Å². The van der Waals surface area contributed by atoms with Gasteiger partial charge in [-0.2, -0.15) is 0 Å². The molecular weight excluding hydrogens is 362 g/mol. The van der Waals surface area contributed by atoms with Gasteiger partial charge in [-0.3, -0.25) is 0 Å². The maximum absolute atomic E-state index is 11.7. The average Bonchev–Trinajstić information content (AvgIpc) is 3.00. The van der Waals surface area contributed by atoms with E-state index in [2.05, 4.69) is 9.99 Å². The summed E-state index contributed by atoms with van der Waals surface area (Å²) in [6.07, 6.45) is 1.69. The lowest BCUT2D eigenvalue weighted by atomic mass is 10.1. The van der Waals surface area contributed by atoms with E-state index in [1.54, 1.807) is 43.3 Å². The highest BCUT2D eigenvalue weighted by Gasteiger charge is 2.22. The Morgan fingerprint density at radius 3 is 2.50 bits per heavy atom. The summed E-state index contributed by atoms with van der Waals surface area (Å²) < 4.78 is 11.5. The van der Waals surface area contributed by atoms with Crippen LogP contribution in [0.5, 0.6) is 11.5 Å². The molecule has 3 rings (SSSR count). The van der Waals surface area contributed by atoms with Crippen molar-refractivity contribution in [1.29, 1.82) is 0 Å². The van der Waals surface area contributed by atoms with Crippen molar-refractivity contribution < 1.29 is 29.0 Å². The molecule has 0 aromatic heterocycles. The lowest BCUT2D eigenvalue weighted by molar-refractivity contribution is -0.136. The fourth-order valence-electron chi connectivity index (χ4n) is 2.59. The number of aromatic carboxylic acids is 1. The van der Waals surface area contributed by atoms with E-state index >= 15 is 0 Å². The Morgan fingerprint density at radius 2 is 1.89 bits per heavy atom. The zero-order valence-corrected chi connectivity index (χ0v) is 15.5. The molecule has 1 N–H and O–H groups in total. The first-order valence-corrected chi connectivity index (χ1v) is 8.68. The van der Waals surface area contributed by atoms with Gasteiger partial charge < -0.3 is 19.4 Å². The number of carboxylic acid groups (broad SMARTS) is 1. The molecule has 0 fully saturated rings. The minimum Gasteiger partial charge on any atom is -0.490 e. The average molecular weight is 381 g/mol. The highest BCUT2D eigenvalue weighted by atomic mass is 16.7. The van der Waals surface area contributed by atoms with Gasteiger partial charge in [-0.05, 0) is 55.3 Å². The number of rotatable bonds is 7. The van der Waals surface area contributed by atoms with E-state index in [0.29, 0.717) is 29.4 Å². The van der Waals surface area contributed by atoms with E-state index < -0.39 is 11.9 Å². The van der Waals surface area contributed by atoms with Crippen LogP contribution in [0.3, 0.4) is 0 Å². The summed E-state index contributed by atoms with van der Waals surface area (Å²) in [5.74, 6) is -0.367. The molecule has 0 unspecified atom stereocenters. The monoisotopic (exact) mass is 381 g/mol. The molecule has 1 aliphatic heterocycles. The van der Waals surface area contributed by atoms with Crippen LogP contribution in [0.4, 0.5) is 0 Å². The Kier molecular flexibility index (Phi) is 5.74. The summed E-state index contributed by atoms with van der Waals surface area (Å²) in [4.78, 5) is 27.3. The number of oxime groups is 1. The highest BCUT2D eigenvalue weighted by molar-refractivity contribution is 6.24. The molecule has 0 radical (unpaired) electrons. The van der Waals surface area contributed by atoms with E-state index in [1.807, 2.05) is 6.92 Å². The molecule has 0 saturated carbocycles. The SMILES string of the molecule is CCOc1cc(/C=C2\C(=O)ON=C2C)ccc1OCc1ccc(C(=O)O)cc1. The van der Waals surface area contributed by atoms with Crippen LogP contribution in [-0.4, -0.2) is 29.4 Å². The second kappa shape index (κ2) is 8.39. The molecule has 2 aromatic carbocycles. The Morgan fingerprint density at radius 1 is 1.14 bits per heavy atom. The van der Waals surface area contributed by atoms with Crippen LogP contribution in [0.15, 0.2) is 53.2 Å². The second-order valence-electron chi connectivity index (χ2n) is 6.04. The summed E-state index contributed by atoms with van der Waals surface area (Å²) >= 11 is 0. The number of hydrogen-bond donors (Lipinski definition) is 1. The van der Waals surface area contributed by atoms with Gasteiger partial charge in [0.2, 0.25) is 0 Å². The molecule has 7 heteroatoms. The smallest absolute Gasteiger partial charge is 0.367 e. The molecule has 0 bridgehead atoms. The summed E-state index contributed by atoms with van der Waals surface area (Å²) in [5, 5.41) is 12.6. The van der Waals surface area contributed by atoms with Gasteiger partial charge in [0, 0.05) is 0 Å². The molecule has 2 aromatic rings. The number of carbonyl (C=O) groups is 2. The Bertz CT molecular complexity index is 959. The molecule has 1 aliphatic rings. The van der Waals surface area contributed by atoms with Gasteiger partial charge >= 0.3 is 11.9 Å². The zero-order valence-electron chi connectivity index (χ0n) is 15.5. The molecule has 0 aliphatic carbocycles. The largest absolute Gasteiger partial charge is 0.490 e. The van der Waals surface area contributed by atoms with Crippen LogP contribution in [0.1, 0.15) is 35.3 Å². The zero-order chi connectivity index (χ0) is 20.1. The molecule has 0 spiro atoms. The molecule has 7 nitrogen and oxygen atoms in total. The normalized spacial score (nSPS) is 14.6. The summed E-state index contributed by atoms with van der Waals surface area (Å²) in [6.45, 7) is 4.28. The maximum Gasteiger partial charge on any atom is 0.367 e. The molecule has 0 amide bonds. The first-order valence-electron chi connectivity index (χ1n) is 8.68. The second-order valence-corrected chi connectivity index (χ2v) is 6.04. The van der Waals surface area contributed by atoms with Crippen LogP contribution in [0.25, 0.3) is 6.08 Å². The lowest BCUT2D eigenvalue weighted by Gasteiger charge is -2.13. The Balaban J connectivity index is 1.77. The number of carbonyl (C=O) groups excluding carboxylic acids is 1. The van der Waals surface area contributed by atoms with Gasteiger partial charge in [-0.25, -0.2) is 9.59 Å². The van der Waals surface area contributed by atoms with E-state index in [1.165, 1.54) is 12.1 Å². The van der Waals surface area contributed by atoms with Gasteiger partial charge in [0.1, 0.15) is 6.61 Å². The fraction of sp³-hybridized carbons (Fsp3) is 0.190. The maximum atomic E-state index is 11.7.